The van der Waals surface area contributed by atoms with Crippen molar-refractivity contribution in [2.75, 3.05) is 6.54 Å². The van der Waals surface area contributed by atoms with E-state index < -0.39 is 0 Å². The van der Waals surface area contributed by atoms with Crippen molar-refractivity contribution in [3.8, 4) is 0 Å². The van der Waals surface area contributed by atoms with E-state index >= 15 is 0 Å². The lowest BCUT2D eigenvalue weighted by Gasteiger charge is -2.35. The molecule has 1 fully saturated rings. The van der Waals surface area contributed by atoms with Gasteiger partial charge in [-0.3, -0.25) is 4.99 Å². The molecular weight excluding hydrogens is 207 g/mol. The van der Waals surface area contributed by atoms with Gasteiger partial charge in [-0.15, -0.1) is 0 Å². The van der Waals surface area contributed by atoms with E-state index in [9.17, 15) is 0 Å². The Morgan fingerprint density at radius 2 is 1.65 bits per heavy atom. The second-order valence-corrected chi connectivity index (χ2v) is 5.44. The zero-order chi connectivity index (χ0) is 12.8. The molecule has 0 atom stereocenters. The molecule has 0 spiro atoms. The van der Waals surface area contributed by atoms with Gasteiger partial charge >= 0.3 is 0 Å². The molecule has 0 unspecified atom stereocenters. The summed E-state index contributed by atoms with van der Waals surface area (Å²) in [5.41, 5.74) is 0.0693. The molecule has 0 saturated carbocycles. The molecule has 0 aromatic rings. The Kier molecular flexibility index (Phi) is 9.56. The van der Waals surface area contributed by atoms with Crippen LogP contribution >= 0.6 is 0 Å². The molecule has 3 radical (unpaired) electrons. The number of piperidine rings is 1. The number of hydrogen-bond donors (Lipinski definition) is 0. The number of amidine groups is 1. The molecule has 1 aliphatic rings. The average molecular weight is 237 g/mol. The summed E-state index contributed by atoms with van der Waals surface area (Å²) in [5.74, 6) is 1.32. The lowest BCUT2D eigenvalue weighted by molar-refractivity contribution is 0.308. The third-order valence-corrected chi connectivity index (χ3v) is 2.47. The van der Waals surface area contributed by atoms with Gasteiger partial charge in [0.2, 0.25) is 0 Å². The molecular formula is C14H30BN2. The van der Waals surface area contributed by atoms with E-state index in [0.29, 0.717) is 6.04 Å². The largest absolute Gasteiger partial charge is 0.358 e. The predicted octanol–water partition coefficient (Wildman–Crippen LogP) is 3.72. The smallest absolute Gasteiger partial charge is 0.0997 e. The number of nitrogens with zero attached hydrogens (tertiary/aromatic N) is 2. The maximum absolute atomic E-state index is 4.81. The van der Waals surface area contributed by atoms with Gasteiger partial charge in [-0.1, -0.05) is 13.8 Å². The maximum atomic E-state index is 4.81. The molecule has 0 N–H and O–H groups in total. The Labute approximate surface area is 110 Å². The van der Waals surface area contributed by atoms with Crippen molar-refractivity contribution in [2.24, 2.45) is 4.99 Å². The summed E-state index contributed by atoms with van der Waals surface area (Å²) in [6.45, 7) is 16.2. The summed E-state index contributed by atoms with van der Waals surface area (Å²) in [6, 6.07) is 0.594. The fraction of sp³-hybridized carbons (Fsp3) is 0.929. The molecule has 0 bridgehead atoms. The number of rotatable bonds is 1. The molecule has 99 valence electrons. The monoisotopic (exact) mass is 237 g/mol. The van der Waals surface area contributed by atoms with E-state index in [-0.39, 0.29) is 14.0 Å². The number of likely N-dealkylation sites (tertiary alicyclic amines) is 1. The van der Waals surface area contributed by atoms with E-state index in [1.54, 1.807) is 0 Å². The van der Waals surface area contributed by atoms with Gasteiger partial charge in [-0.2, -0.15) is 0 Å². The van der Waals surface area contributed by atoms with Crippen molar-refractivity contribution >= 4 is 14.2 Å². The Morgan fingerprint density at radius 3 is 2.06 bits per heavy atom. The minimum absolute atomic E-state index is 0. The molecule has 3 heteroatoms. The highest BCUT2D eigenvalue weighted by Crippen LogP contribution is 2.18. The van der Waals surface area contributed by atoms with Crippen LogP contribution in [0.4, 0.5) is 0 Å². The molecule has 0 amide bonds. The second kappa shape index (κ2) is 8.60. The van der Waals surface area contributed by atoms with Crippen LogP contribution < -0.4 is 0 Å². The van der Waals surface area contributed by atoms with Crippen molar-refractivity contribution in [3.63, 3.8) is 0 Å². The molecule has 1 saturated heterocycles. The Bertz CT molecular complexity index is 217. The Hall–Kier alpha value is -0.465. The summed E-state index contributed by atoms with van der Waals surface area (Å²) >= 11 is 0. The highest BCUT2D eigenvalue weighted by atomic mass is 15.2. The number of hydrogen-bond acceptors (Lipinski definition) is 1. The fourth-order valence-electron chi connectivity index (χ4n) is 1.90. The lowest BCUT2D eigenvalue weighted by Crippen LogP contribution is -2.41. The van der Waals surface area contributed by atoms with Crippen LogP contribution in [0.15, 0.2) is 4.99 Å². The van der Waals surface area contributed by atoms with E-state index in [2.05, 4.69) is 39.5 Å². The molecule has 0 aromatic heterocycles. The fourth-order valence-corrected chi connectivity index (χ4v) is 1.90. The van der Waals surface area contributed by atoms with Crippen LogP contribution in [-0.2, 0) is 0 Å². The first-order valence-electron chi connectivity index (χ1n) is 6.75. The molecule has 2 nitrogen and oxygen atoms in total. The van der Waals surface area contributed by atoms with Gasteiger partial charge in [-0.05, 0) is 47.5 Å². The Balaban J connectivity index is 0. The van der Waals surface area contributed by atoms with Gasteiger partial charge in [0.25, 0.3) is 0 Å². The molecule has 0 aromatic carbocycles. The third kappa shape index (κ3) is 7.46. The first kappa shape index (κ1) is 18.9. The van der Waals surface area contributed by atoms with Crippen LogP contribution in [0.25, 0.3) is 0 Å². The third-order valence-electron chi connectivity index (χ3n) is 2.47. The van der Waals surface area contributed by atoms with Crippen LogP contribution in [0.1, 0.15) is 67.7 Å². The average Bonchev–Trinajstić information content (AvgIpc) is 2.19. The van der Waals surface area contributed by atoms with Gasteiger partial charge in [0.05, 0.1) is 11.4 Å². The minimum Gasteiger partial charge on any atom is -0.358 e. The molecule has 17 heavy (non-hydrogen) atoms. The van der Waals surface area contributed by atoms with Gasteiger partial charge in [0.15, 0.2) is 0 Å². The topological polar surface area (TPSA) is 15.6 Å². The molecule has 0 aliphatic carbocycles. The van der Waals surface area contributed by atoms with E-state index in [0.717, 1.165) is 6.42 Å². The molecule has 1 aliphatic heterocycles. The molecule has 1 heterocycles. The van der Waals surface area contributed by atoms with Crippen molar-refractivity contribution in [1.29, 1.82) is 0 Å². The summed E-state index contributed by atoms with van der Waals surface area (Å²) in [7, 11) is 0. The standard InChI is InChI=1S/C12H24N2.C2H6.B/c1-10(2)14-9-7-6-8-11(14)13-12(3,4)5;1-2;/h10H,6-9H2,1-5H3;1-2H3;. The first-order valence-corrected chi connectivity index (χ1v) is 6.75. The zero-order valence-corrected chi connectivity index (χ0v) is 12.9. The lowest BCUT2D eigenvalue weighted by atomic mass is 10.1. The highest BCUT2D eigenvalue weighted by molar-refractivity contribution is 5.83. The normalized spacial score (nSPS) is 18.6. The summed E-state index contributed by atoms with van der Waals surface area (Å²) in [6.07, 6.45) is 3.79. The highest BCUT2D eigenvalue weighted by Gasteiger charge is 2.20. The van der Waals surface area contributed by atoms with Crippen molar-refractivity contribution in [3.05, 3.63) is 0 Å². The summed E-state index contributed by atoms with van der Waals surface area (Å²) in [5, 5.41) is 0. The van der Waals surface area contributed by atoms with Crippen LogP contribution in [0, 0.1) is 0 Å². The van der Waals surface area contributed by atoms with Gasteiger partial charge in [0, 0.05) is 27.4 Å². The quantitative estimate of drug-likeness (QED) is 0.634. The van der Waals surface area contributed by atoms with E-state index in [1.165, 1.54) is 25.2 Å². The van der Waals surface area contributed by atoms with Crippen molar-refractivity contribution in [2.45, 2.75) is 79.3 Å². The maximum Gasteiger partial charge on any atom is 0.0997 e. The van der Waals surface area contributed by atoms with Gasteiger partial charge < -0.3 is 4.90 Å². The predicted molar refractivity (Wildman–Crippen MR) is 80.0 cm³/mol. The minimum atomic E-state index is 0. The molecule has 1 rings (SSSR count). The summed E-state index contributed by atoms with van der Waals surface area (Å²) in [4.78, 5) is 7.27. The summed E-state index contributed by atoms with van der Waals surface area (Å²) < 4.78 is 0. The van der Waals surface area contributed by atoms with E-state index in [1.807, 2.05) is 13.8 Å². The number of aliphatic imine (C=N–C) groups is 1. The van der Waals surface area contributed by atoms with Crippen LogP contribution in [0.2, 0.25) is 0 Å². The van der Waals surface area contributed by atoms with Crippen molar-refractivity contribution in [1.82, 2.24) is 4.90 Å². The van der Waals surface area contributed by atoms with Crippen LogP contribution in [0.5, 0.6) is 0 Å². The second-order valence-electron chi connectivity index (χ2n) is 5.44. The SMILES string of the molecule is CC.CC(C)N1CCCCC1=NC(C)(C)C.[B]. The van der Waals surface area contributed by atoms with Gasteiger partial charge in [0.1, 0.15) is 0 Å². The Morgan fingerprint density at radius 1 is 1.12 bits per heavy atom. The van der Waals surface area contributed by atoms with E-state index in [4.69, 9.17) is 4.99 Å². The van der Waals surface area contributed by atoms with Crippen LogP contribution in [-0.4, -0.2) is 37.3 Å². The first-order chi connectivity index (χ1) is 7.40. The zero-order valence-electron chi connectivity index (χ0n) is 12.9. The van der Waals surface area contributed by atoms with Crippen LogP contribution in [0.3, 0.4) is 0 Å². The van der Waals surface area contributed by atoms with Gasteiger partial charge in [-0.25, -0.2) is 0 Å². The van der Waals surface area contributed by atoms with Crippen molar-refractivity contribution < 1.29 is 0 Å².